The highest BCUT2D eigenvalue weighted by Gasteiger charge is 2.08. The smallest absolute Gasteiger partial charge is 0.488 e. The standard InChI is InChI=1S/C26H22O2.C7H9BO2.C6H4Br2O/c1-19-7-9-21(10-8-19)23-15-24(17-25(27)16-23)22-11-13-26(14-12-22)28-18-20-5-3-2-4-6-20;1-6-2-4-7(5-3-6)8(9)10;7-4-1-5(8)3-6(9)2-4/h2-17,27H,18H2,1H3;2-5,9-10H,1H3;1-3,9H. The van der Waals surface area contributed by atoms with E-state index in [1.165, 1.54) is 5.56 Å². The Hall–Kier alpha value is -4.34. The summed E-state index contributed by atoms with van der Waals surface area (Å²) in [5.41, 5.74) is 8.11. The van der Waals surface area contributed by atoms with Crippen LogP contribution >= 0.6 is 31.9 Å². The van der Waals surface area contributed by atoms with E-state index in [-0.39, 0.29) is 11.5 Å². The first-order chi connectivity index (χ1) is 22.5. The van der Waals surface area contributed by atoms with Gasteiger partial charge in [-0.1, -0.05) is 134 Å². The predicted molar refractivity (Wildman–Crippen MR) is 199 cm³/mol. The Morgan fingerprint density at radius 3 is 1.49 bits per heavy atom. The lowest BCUT2D eigenvalue weighted by Crippen LogP contribution is -2.29. The molecule has 0 saturated carbocycles. The number of rotatable bonds is 6. The summed E-state index contributed by atoms with van der Waals surface area (Å²) in [7, 11) is -1.35. The van der Waals surface area contributed by atoms with Crippen molar-refractivity contribution in [1.82, 2.24) is 0 Å². The van der Waals surface area contributed by atoms with Gasteiger partial charge in [0.25, 0.3) is 0 Å². The van der Waals surface area contributed by atoms with Crippen molar-refractivity contribution >= 4 is 44.4 Å². The van der Waals surface area contributed by atoms with Crippen molar-refractivity contribution in [2.75, 3.05) is 0 Å². The molecular formula is C39H35BBr2O5. The molecule has 47 heavy (non-hydrogen) atoms. The lowest BCUT2D eigenvalue weighted by Gasteiger charge is -2.10. The summed E-state index contributed by atoms with van der Waals surface area (Å²) in [5, 5.41) is 36.5. The Bertz CT molecular complexity index is 1790. The molecule has 238 valence electrons. The van der Waals surface area contributed by atoms with Crippen LogP contribution < -0.4 is 10.2 Å². The van der Waals surface area contributed by atoms with Gasteiger partial charge in [-0.3, -0.25) is 0 Å². The third kappa shape index (κ3) is 11.8. The maximum absolute atomic E-state index is 10.2. The van der Waals surface area contributed by atoms with E-state index in [9.17, 15) is 5.11 Å². The van der Waals surface area contributed by atoms with Crippen LogP contribution in [0.15, 0.2) is 148 Å². The van der Waals surface area contributed by atoms with Gasteiger partial charge in [0.2, 0.25) is 0 Å². The highest BCUT2D eigenvalue weighted by atomic mass is 79.9. The van der Waals surface area contributed by atoms with Crippen molar-refractivity contribution in [2.24, 2.45) is 0 Å². The minimum atomic E-state index is -1.35. The van der Waals surface area contributed by atoms with Crippen LogP contribution in [0.4, 0.5) is 0 Å². The van der Waals surface area contributed by atoms with Gasteiger partial charge in [-0.2, -0.15) is 0 Å². The molecule has 4 N–H and O–H groups in total. The third-order valence-electron chi connectivity index (χ3n) is 6.96. The van der Waals surface area contributed by atoms with Crippen LogP contribution in [0.2, 0.25) is 0 Å². The molecule has 6 aromatic carbocycles. The highest BCUT2D eigenvalue weighted by molar-refractivity contribution is 9.11. The molecule has 0 heterocycles. The van der Waals surface area contributed by atoms with E-state index >= 15 is 0 Å². The van der Waals surface area contributed by atoms with Crippen molar-refractivity contribution in [3.05, 3.63) is 165 Å². The second kappa shape index (κ2) is 17.5. The molecule has 5 nitrogen and oxygen atoms in total. The number of ether oxygens (including phenoxy) is 1. The molecule has 0 spiro atoms. The molecule has 0 radical (unpaired) electrons. The van der Waals surface area contributed by atoms with Gasteiger partial charge in [-0.25, -0.2) is 0 Å². The van der Waals surface area contributed by atoms with Crippen LogP contribution in [0, 0.1) is 13.8 Å². The Kier molecular flexibility index (Phi) is 13.3. The molecular weight excluding hydrogens is 719 g/mol. The summed E-state index contributed by atoms with van der Waals surface area (Å²) in [6, 6.07) is 44.3. The largest absolute Gasteiger partial charge is 0.508 e. The molecule has 0 fully saturated rings. The van der Waals surface area contributed by atoms with Crippen molar-refractivity contribution in [3.8, 4) is 39.5 Å². The van der Waals surface area contributed by atoms with Gasteiger partial charge in [0.05, 0.1) is 0 Å². The lowest BCUT2D eigenvalue weighted by molar-refractivity contribution is 0.306. The van der Waals surface area contributed by atoms with Crippen molar-refractivity contribution in [1.29, 1.82) is 0 Å². The number of hydrogen-bond donors (Lipinski definition) is 4. The van der Waals surface area contributed by atoms with Gasteiger partial charge in [-0.05, 0) is 95.7 Å². The van der Waals surface area contributed by atoms with E-state index in [0.29, 0.717) is 12.1 Å². The molecule has 8 heteroatoms. The second-order valence-electron chi connectivity index (χ2n) is 10.8. The minimum absolute atomic E-state index is 0.260. The first-order valence-electron chi connectivity index (χ1n) is 14.8. The average Bonchev–Trinajstić information content (AvgIpc) is 3.05. The fraction of sp³-hybridized carbons (Fsp3) is 0.0769. The summed E-state index contributed by atoms with van der Waals surface area (Å²) in [6.07, 6.45) is 0. The Morgan fingerprint density at radius 1 is 0.532 bits per heavy atom. The first-order valence-corrected chi connectivity index (χ1v) is 16.4. The van der Waals surface area contributed by atoms with Gasteiger partial charge in [0, 0.05) is 8.95 Å². The molecule has 0 unspecified atom stereocenters. The number of phenolic OH excluding ortho intramolecular Hbond substituents is 2. The fourth-order valence-electron chi connectivity index (χ4n) is 4.45. The molecule has 0 amide bonds. The molecule has 0 aliphatic heterocycles. The molecule has 6 rings (SSSR count). The summed E-state index contributed by atoms with van der Waals surface area (Å²) in [6.45, 7) is 4.57. The van der Waals surface area contributed by atoms with Crippen LogP contribution in [0.5, 0.6) is 17.2 Å². The van der Waals surface area contributed by atoms with Crippen molar-refractivity contribution in [2.45, 2.75) is 20.5 Å². The van der Waals surface area contributed by atoms with Crippen molar-refractivity contribution < 1.29 is 25.0 Å². The predicted octanol–water partition coefficient (Wildman–Crippen LogP) is 9.21. The van der Waals surface area contributed by atoms with E-state index in [1.54, 1.807) is 36.4 Å². The van der Waals surface area contributed by atoms with E-state index in [0.717, 1.165) is 48.1 Å². The second-order valence-corrected chi connectivity index (χ2v) is 12.7. The SMILES string of the molecule is Cc1ccc(-c2cc(O)cc(-c3ccc(OCc4ccccc4)cc3)c2)cc1.Cc1ccc(B(O)O)cc1.Oc1cc(Br)cc(Br)c1. The first kappa shape index (κ1) is 35.5. The van der Waals surface area contributed by atoms with E-state index < -0.39 is 7.12 Å². The highest BCUT2D eigenvalue weighted by Crippen LogP contribution is 2.32. The summed E-state index contributed by atoms with van der Waals surface area (Å²) < 4.78 is 7.60. The molecule has 0 atom stereocenters. The summed E-state index contributed by atoms with van der Waals surface area (Å²) in [4.78, 5) is 0. The monoisotopic (exact) mass is 752 g/mol. The van der Waals surface area contributed by atoms with Gasteiger partial charge >= 0.3 is 7.12 Å². The average molecular weight is 754 g/mol. The summed E-state index contributed by atoms with van der Waals surface area (Å²) in [5.74, 6) is 1.35. The number of hydrogen-bond acceptors (Lipinski definition) is 5. The molecule has 0 aliphatic rings. The Balaban J connectivity index is 0.000000214. The molecule has 6 aromatic rings. The third-order valence-corrected chi connectivity index (χ3v) is 7.88. The topological polar surface area (TPSA) is 90.2 Å². The van der Waals surface area contributed by atoms with Crippen molar-refractivity contribution in [3.63, 3.8) is 0 Å². The van der Waals surface area contributed by atoms with Crippen LogP contribution in [0.25, 0.3) is 22.3 Å². The lowest BCUT2D eigenvalue weighted by atomic mass is 9.80. The van der Waals surface area contributed by atoms with Crippen LogP contribution in [-0.4, -0.2) is 27.4 Å². The Labute approximate surface area is 293 Å². The van der Waals surface area contributed by atoms with Crippen LogP contribution in [0.1, 0.15) is 16.7 Å². The maximum Gasteiger partial charge on any atom is 0.488 e. The fourth-order valence-corrected chi connectivity index (χ4v) is 5.72. The number of halogens is 2. The molecule has 0 aromatic heterocycles. The zero-order chi connectivity index (χ0) is 33.8. The zero-order valence-corrected chi connectivity index (χ0v) is 29.2. The number of aryl methyl sites for hydroxylation is 2. The Morgan fingerprint density at radius 2 is 1.00 bits per heavy atom. The quantitative estimate of drug-likeness (QED) is 0.127. The number of aromatic hydroxyl groups is 2. The van der Waals surface area contributed by atoms with Crippen LogP contribution in [-0.2, 0) is 6.61 Å². The van der Waals surface area contributed by atoms with Gasteiger partial charge < -0.3 is 25.0 Å². The van der Waals surface area contributed by atoms with E-state index in [4.69, 9.17) is 19.9 Å². The summed E-state index contributed by atoms with van der Waals surface area (Å²) >= 11 is 6.45. The van der Waals surface area contributed by atoms with Crippen LogP contribution in [0.3, 0.4) is 0 Å². The normalized spacial score (nSPS) is 10.2. The van der Waals surface area contributed by atoms with Gasteiger partial charge in [-0.15, -0.1) is 0 Å². The number of phenols is 2. The van der Waals surface area contributed by atoms with Gasteiger partial charge in [0.1, 0.15) is 23.9 Å². The number of benzene rings is 6. The molecule has 0 saturated heterocycles. The zero-order valence-electron chi connectivity index (χ0n) is 26.0. The minimum Gasteiger partial charge on any atom is -0.508 e. The van der Waals surface area contributed by atoms with E-state index in [1.807, 2.05) is 79.7 Å². The molecule has 0 bridgehead atoms. The van der Waals surface area contributed by atoms with E-state index in [2.05, 4.69) is 69.1 Å². The maximum atomic E-state index is 10.2. The molecule has 0 aliphatic carbocycles. The van der Waals surface area contributed by atoms with Gasteiger partial charge in [0.15, 0.2) is 0 Å².